The van der Waals surface area contributed by atoms with Gasteiger partial charge in [-0.1, -0.05) is 18.2 Å². The van der Waals surface area contributed by atoms with E-state index in [1.54, 1.807) is 0 Å². The number of benzene rings is 2. The van der Waals surface area contributed by atoms with E-state index in [-0.39, 0.29) is 0 Å². The van der Waals surface area contributed by atoms with Gasteiger partial charge >= 0.3 is 0 Å². The van der Waals surface area contributed by atoms with Crippen molar-refractivity contribution < 1.29 is 0 Å². The summed E-state index contributed by atoms with van der Waals surface area (Å²) >= 11 is 0. The van der Waals surface area contributed by atoms with E-state index >= 15 is 0 Å². The number of likely N-dealkylation sites (N-methyl/N-ethyl adjacent to an activating group) is 1. The molecule has 0 atom stereocenters. The Morgan fingerprint density at radius 1 is 0.941 bits per heavy atom. The zero-order valence-corrected chi connectivity index (χ0v) is 19.5. The van der Waals surface area contributed by atoms with Gasteiger partial charge in [0, 0.05) is 55.3 Å². The molecule has 1 fully saturated rings. The minimum absolute atomic E-state index is 0.602. The standard InChI is InChI=1S/C26H28N8/c1-19-15-21(7-8-24(19)32-11-9-31(2)10-12-32)28-26-29-25-18-33(13-14-34(25)30-26)22-16-20-5-3-4-6-23(20)27-17-22/h3-8,13-17H,9-12,18H2,1-2H3,(H,28,30). The third-order valence-corrected chi connectivity index (χ3v) is 6.61. The molecule has 2 aromatic carbocycles. The summed E-state index contributed by atoms with van der Waals surface area (Å²) in [4.78, 5) is 16.3. The van der Waals surface area contributed by atoms with Gasteiger partial charge in [0.05, 0.1) is 23.9 Å². The van der Waals surface area contributed by atoms with Crippen molar-refractivity contribution in [3.63, 3.8) is 0 Å². The average Bonchev–Trinajstić information content (AvgIpc) is 3.26. The Kier molecular flexibility index (Phi) is 5.15. The first-order valence-electron chi connectivity index (χ1n) is 11.7. The van der Waals surface area contributed by atoms with Crippen LogP contribution in [-0.4, -0.2) is 57.9 Å². The topological polar surface area (TPSA) is 65.4 Å². The second-order valence-electron chi connectivity index (χ2n) is 9.03. The first-order chi connectivity index (χ1) is 16.6. The molecule has 0 spiro atoms. The molecule has 4 aromatic rings. The number of nitrogens with zero attached hydrogens (tertiary/aromatic N) is 7. The highest BCUT2D eigenvalue weighted by Crippen LogP contribution is 2.27. The van der Waals surface area contributed by atoms with Crippen LogP contribution < -0.4 is 15.1 Å². The molecule has 0 unspecified atom stereocenters. The minimum Gasteiger partial charge on any atom is -0.369 e. The van der Waals surface area contributed by atoms with Gasteiger partial charge in [0.2, 0.25) is 5.95 Å². The molecular formula is C26H28N8. The van der Waals surface area contributed by atoms with E-state index in [0.717, 1.165) is 54.3 Å². The van der Waals surface area contributed by atoms with Crippen LogP contribution in [0.2, 0.25) is 0 Å². The number of para-hydroxylation sites is 1. The maximum atomic E-state index is 4.75. The molecule has 1 N–H and O–H groups in total. The van der Waals surface area contributed by atoms with Crippen LogP contribution >= 0.6 is 0 Å². The van der Waals surface area contributed by atoms with Crippen LogP contribution in [0.25, 0.3) is 17.1 Å². The van der Waals surface area contributed by atoms with Crippen LogP contribution in [0.15, 0.2) is 60.9 Å². The van der Waals surface area contributed by atoms with E-state index in [1.807, 2.05) is 41.5 Å². The minimum atomic E-state index is 0.602. The van der Waals surface area contributed by atoms with Gasteiger partial charge in [-0.25, -0.2) is 4.68 Å². The van der Waals surface area contributed by atoms with E-state index < -0.39 is 0 Å². The van der Waals surface area contributed by atoms with E-state index in [2.05, 4.69) is 74.4 Å². The first kappa shape index (κ1) is 20.7. The van der Waals surface area contributed by atoms with E-state index in [1.165, 1.54) is 11.3 Å². The number of aryl methyl sites for hydroxylation is 1. The average molecular weight is 453 g/mol. The van der Waals surface area contributed by atoms with Gasteiger partial charge in [-0.3, -0.25) is 4.98 Å². The maximum absolute atomic E-state index is 4.75. The third kappa shape index (κ3) is 3.97. The smallest absolute Gasteiger partial charge is 0.247 e. The van der Waals surface area contributed by atoms with Crippen LogP contribution in [0.1, 0.15) is 11.4 Å². The predicted molar refractivity (Wildman–Crippen MR) is 137 cm³/mol. The summed E-state index contributed by atoms with van der Waals surface area (Å²) in [5, 5.41) is 9.13. The van der Waals surface area contributed by atoms with Crippen molar-refractivity contribution in [3.8, 4) is 0 Å². The number of anilines is 4. The second kappa shape index (κ2) is 8.46. The Labute approximate surface area is 199 Å². The zero-order valence-electron chi connectivity index (χ0n) is 19.5. The molecule has 8 heteroatoms. The lowest BCUT2D eigenvalue weighted by molar-refractivity contribution is 0.312. The second-order valence-corrected chi connectivity index (χ2v) is 9.03. The molecule has 0 radical (unpaired) electrons. The van der Waals surface area contributed by atoms with E-state index in [4.69, 9.17) is 4.98 Å². The lowest BCUT2D eigenvalue weighted by Gasteiger charge is -2.35. The van der Waals surface area contributed by atoms with Gasteiger partial charge in [0.15, 0.2) is 5.82 Å². The molecule has 0 amide bonds. The molecule has 6 rings (SSSR count). The van der Waals surface area contributed by atoms with Crippen molar-refractivity contribution in [3.05, 3.63) is 72.3 Å². The SMILES string of the molecule is Cc1cc(Nc2nc3n(n2)C=CN(c2cnc4ccccc4c2)C3)ccc1N1CCN(C)CC1. The Morgan fingerprint density at radius 2 is 1.79 bits per heavy atom. The monoisotopic (exact) mass is 452 g/mol. The number of hydrogen-bond donors (Lipinski definition) is 1. The van der Waals surface area contributed by atoms with Crippen molar-refractivity contribution in [2.45, 2.75) is 13.5 Å². The summed E-state index contributed by atoms with van der Waals surface area (Å²) in [5.74, 6) is 1.48. The van der Waals surface area contributed by atoms with Gasteiger partial charge in [-0.2, -0.15) is 4.98 Å². The van der Waals surface area contributed by atoms with Crippen molar-refractivity contribution in [2.24, 2.45) is 0 Å². The molecule has 8 nitrogen and oxygen atoms in total. The highest BCUT2D eigenvalue weighted by molar-refractivity contribution is 5.82. The number of nitrogens with one attached hydrogen (secondary N) is 1. The quantitative estimate of drug-likeness (QED) is 0.501. The fourth-order valence-electron chi connectivity index (χ4n) is 4.64. The van der Waals surface area contributed by atoms with Crippen LogP contribution in [0.5, 0.6) is 0 Å². The summed E-state index contributed by atoms with van der Waals surface area (Å²) in [5.41, 5.74) is 5.59. The van der Waals surface area contributed by atoms with Crippen molar-refractivity contribution in [1.29, 1.82) is 0 Å². The molecule has 0 aliphatic carbocycles. The summed E-state index contributed by atoms with van der Waals surface area (Å²) in [7, 11) is 2.18. The van der Waals surface area contributed by atoms with Crippen molar-refractivity contribution in [1.82, 2.24) is 24.6 Å². The summed E-state index contributed by atoms with van der Waals surface area (Å²) in [6.45, 7) is 7.13. The lowest BCUT2D eigenvalue weighted by Crippen LogP contribution is -2.44. The Balaban J connectivity index is 1.17. The van der Waals surface area contributed by atoms with Gasteiger partial charge in [-0.15, -0.1) is 5.10 Å². The van der Waals surface area contributed by atoms with Crippen molar-refractivity contribution >= 4 is 40.1 Å². The van der Waals surface area contributed by atoms with E-state index in [0.29, 0.717) is 12.5 Å². The molecule has 2 aromatic heterocycles. The highest BCUT2D eigenvalue weighted by Gasteiger charge is 2.19. The fraction of sp³-hybridized carbons (Fsp3) is 0.269. The number of rotatable bonds is 4. The van der Waals surface area contributed by atoms with Gasteiger partial charge < -0.3 is 20.0 Å². The molecule has 0 bridgehead atoms. The lowest BCUT2D eigenvalue weighted by atomic mass is 10.1. The third-order valence-electron chi connectivity index (χ3n) is 6.61. The van der Waals surface area contributed by atoms with Gasteiger partial charge in [0.1, 0.15) is 0 Å². The summed E-state index contributed by atoms with van der Waals surface area (Å²) in [6.07, 6.45) is 5.86. The fourth-order valence-corrected chi connectivity index (χ4v) is 4.64. The molecule has 2 aliphatic heterocycles. The number of hydrogen-bond acceptors (Lipinski definition) is 7. The molecule has 0 saturated carbocycles. The molecule has 1 saturated heterocycles. The largest absolute Gasteiger partial charge is 0.369 e. The molecule has 2 aliphatic rings. The number of piperazine rings is 1. The van der Waals surface area contributed by atoms with Crippen molar-refractivity contribution in [2.75, 3.05) is 48.3 Å². The van der Waals surface area contributed by atoms with E-state index in [9.17, 15) is 0 Å². The van der Waals surface area contributed by atoms with Gasteiger partial charge in [-0.05, 0) is 49.9 Å². The Bertz CT molecular complexity index is 1370. The normalized spacial score (nSPS) is 16.2. The van der Waals surface area contributed by atoms with Crippen LogP contribution in [0.3, 0.4) is 0 Å². The van der Waals surface area contributed by atoms with Gasteiger partial charge in [0.25, 0.3) is 0 Å². The summed E-state index contributed by atoms with van der Waals surface area (Å²) in [6, 6.07) is 16.8. The Morgan fingerprint density at radius 3 is 2.65 bits per heavy atom. The van der Waals surface area contributed by atoms with Crippen LogP contribution in [-0.2, 0) is 6.54 Å². The van der Waals surface area contributed by atoms with Crippen LogP contribution in [0, 0.1) is 6.92 Å². The molecule has 172 valence electrons. The molecule has 34 heavy (non-hydrogen) atoms. The molecular weight excluding hydrogens is 424 g/mol. The summed E-state index contributed by atoms with van der Waals surface area (Å²) < 4.78 is 1.83. The highest BCUT2D eigenvalue weighted by atomic mass is 15.4. The molecule has 4 heterocycles. The number of aromatic nitrogens is 4. The number of pyridine rings is 1. The van der Waals surface area contributed by atoms with Crippen LogP contribution in [0.4, 0.5) is 23.0 Å². The predicted octanol–water partition coefficient (Wildman–Crippen LogP) is 4.08. The maximum Gasteiger partial charge on any atom is 0.247 e. The Hall–Kier alpha value is -3.91. The zero-order chi connectivity index (χ0) is 23.1. The first-order valence-corrected chi connectivity index (χ1v) is 11.7. The number of fused-ring (bicyclic) bond motifs is 2.